The molecule has 0 amide bonds. The van der Waals surface area contributed by atoms with Crippen molar-refractivity contribution in [1.29, 1.82) is 0 Å². The molecule has 1 aliphatic carbocycles. The number of fused-ring (bicyclic) bond motifs is 3. The van der Waals surface area contributed by atoms with Crippen molar-refractivity contribution >= 4 is 17.9 Å². The topological polar surface area (TPSA) is 97.4 Å². The molecular weight excluding hydrogens is 500 g/mol. The number of ether oxygens (including phenoxy) is 5. The van der Waals surface area contributed by atoms with Crippen molar-refractivity contribution < 1.29 is 38.1 Å². The summed E-state index contributed by atoms with van der Waals surface area (Å²) < 4.78 is 26.4. The van der Waals surface area contributed by atoms with Crippen molar-refractivity contribution in [1.82, 2.24) is 0 Å². The molecule has 0 fully saturated rings. The Balaban J connectivity index is 1.37. The number of rotatable bonds is 11. The molecule has 0 spiro atoms. The van der Waals surface area contributed by atoms with Gasteiger partial charge in [-0.25, -0.2) is 14.4 Å². The molecule has 200 valence electrons. The first-order valence-electron chi connectivity index (χ1n) is 12.3. The van der Waals surface area contributed by atoms with Gasteiger partial charge in [-0.2, -0.15) is 0 Å². The predicted molar refractivity (Wildman–Crippen MR) is 144 cm³/mol. The van der Waals surface area contributed by atoms with E-state index in [0.29, 0.717) is 28.4 Å². The van der Waals surface area contributed by atoms with E-state index < -0.39 is 17.9 Å². The third-order valence-corrected chi connectivity index (χ3v) is 6.07. The molecule has 1 unspecified atom stereocenters. The maximum absolute atomic E-state index is 12.7. The first-order valence-corrected chi connectivity index (χ1v) is 12.3. The highest BCUT2D eigenvalue weighted by Gasteiger charge is 2.27. The molecule has 39 heavy (non-hydrogen) atoms. The smallest absolute Gasteiger partial charge is 0.348 e. The predicted octanol–water partition coefficient (Wildman–Crippen LogP) is 5.60. The number of carbonyl (C=O) groups is 3. The van der Waals surface area contributed by atoms with Crippen molar-refractivity contribution in [2.45, 2.75) is 19.8 Å². The fourth-order valence-corrected chi connectivity index (χ4v) is 4.15. The summed E-state index contributed by atoms with van der Waals surface area (Å²) >= 11 is 0. The molecule has 8 nitrogen and oxygen atoms in total. The summed E-state index contributed by atoms with van der Waals surface area (Å²) in [6, 6.07) is 17.7. The summed E-state index contributed by atoms with van der Waals surface area (Å²) in [6.07, 6.45) is 1.03. The highest BCUT2D eigenvalue weighted by Crippen LogP contribution is 2.47. The Morgan fingerprint density at radius 3 is 2.10 bits per heavy atom. The van der Waals surface area contributed by atoms with Crippen molar-refractivity contribution in [3.63, 3.8) is 0 Å². The van der Waals surface area contributed by atoms with E-state index in [4.69, 9.17) is 18.9 Å². The summed E-state index contributed by atoms with van der Waals surface area (Å²) in [5, 5.41) is 0. The third-order valence-electron chi connectivity index (χ3n) is 6.07. The van der Waals surface area contributed by atoms with E-state index in [1.54, 1.807) is 37.3 Å². The Morgan fingerprint density at radius 1 is 0.846 bits per heavy atom. The molecule has 0 heterocycles. The zero-order valence-corrected chi connectivity index (χ0v) is 21.7. The fraction of sp³-hybridized carbons (Fsp3) is 0.194. The van der Waals surface area contributed by atoms with Gasteiger partial charge in [-0.15, -0.1) is 0 Å². The van der Waals surface area contributed by atoms with Crippen LogP contribution in [0.4, 0.5) is 0 Å². The molecule has 0 radical (unpaired) electrons. The van der Waals surface area contributed by atoms with Crippen LogP contribution in [0.1, 0.15) is 41.3 Å². The lowest BCUT2D eigenvalue weighted by atomic mass is 9.99. The van der Waals surface area contributed by atoms with Gasteiger partial charge in [0.05, 0.1) is 11.8 Å². The lowest BCUT2D eigenvalue weighted by molar-refractivity contribution is -0.140. The Bertz CT molecular complexity index is 1420. The molecule has 0 bridgehead atoms. The van der Waals surface area contributed by atoms with E-state index in [2.05, 4.69) is 24.8 Å². The van der Waals surface area contributed by atoms with Crippen LogP contribution in [-0.2, 0) is 19.1 Å². The minimum atomic E-state index is -0.577. The van der Waals surface area contributed by atoms with Crippen molar-refractivity contribution in [2.75, 3.05) is 19.8 Å². The first kappa shape index (κ1) is 27.2. The molecule has 0 saturated carbocycles. The highest BCUT2D eigenvalue weighted by molar-refractivity contribution is 5.91. The Morgan fingerprint density at radius 2 is 1.46 bits per heavy atom. The third kappa shape index (κ3) is 6.54. The zero-order chi connectivity index (χ0) is 27.9. The molecule has 8 heteroatoms. The monoisotopic (exact) mass is 528 g/mol. The van der Waals surface area contributed by atoms with Crippen LogP contribution < -0.4 is 14.2 Å². The second-order valence-electron chi connectivity index (χ2n) is 8.84. The van der Waals surface area contributed by atoms with Gasteiger partial charge in [0.25, 0.3) is 0 Å². The summed E-state index contributed by atoms with van der Waals surface area (Å²) in [5.41, 5.74) is 4.97. The quantitative estimate of drug-likeness (QED) is 0.104. The number of carbonyl (C=O) groups excluding carboxylic acids is 3. The molecule has 4 rings (SSSR count). The largest absolute Gasteiger partial charge is 0.490 e. The van der Waals surface area contributed by atoms with Gasteiger partial charge in [0.15, 0.2) is 6.61 Å². The van der Waals surface area contributed by atoms with Crippen molar-refractivity contribution in [3.8, 4) is 28.4 Å². The molecule has 0 aromatic heterocycles. The van der Waals surface area contributed by atoms with Gasteiger partial charge in [-0.3, -0.25) is 0 Å². The van der Waals surface area contributed by atoms with Gasteiger partial charge in [-0.1, -0.05) is 32.2 Å². The SMILES string of the molecule is C=COC(=O)COc1ccc(C(=O)Oc2ccc3c(c2)C(C)c2cc(OCCOC(=O)C(=C)C)ccc2-3)cc1. The summed E-state index contributed by atoms with van der Waals surface area (Å²) in [7, 11) is 0. The van der Waals surface area contributed by atoms with Gasteiger partial charge in [0.1, 0.15) is 30.5 Å². The molecule has 1 aliphatic rings. The van der Waals surface area contributed by atoms with Crippen LogP contribution in [-0.4, -0.2) is 37.7 Å². The van der Waals surface area contributed by atoms with Crippen LogP contribution in [0, 0.1) is 0 Å². The normalized spacial score (nSPS) is 12.9. The summed E-state index contributed by atoms with van der Waals surface area (Å²) in [6.45, 7) is 10.6. The van der Waals surface area contributed by atoms with Crippen molar-refractivity contribution in [3.05, 3.63) is 102 Å². The van der Waals surface area contributed by atoms with E-state index in [1.165, 1.54) is 0 Å². The van der Waals surface area contributed by atoms with Crippen LogP contribution in [0.2, 0.25) is 0 Å². The molecule has 0 N–H and O–H groups in total. The standard InChI is InChI=1S/C31H28O8/c1-5-35-29(32)18-38-22-8-6-21(7-9-22)31(34)39-24-11-13-26-25-12-10-23(16-27(25)20(4)28(26)17-24)36-14-15-37-30(33)19(2)3/h5-13,16-17,20H,1-2,14-15,18H2,3-4H3. The van der Waals surface area contributed by atoms with Crippen LogP contribution in [0.3, 0.4) is 0 Å². The second kappa shape index (κ2) is 12.1. The van der Waals surface area contributed by atoms with E-state index in [9.17, 15) is 14.4 Å². The molecule has 0 aliphatic heterocycles. The Kier molecular flexibility index (Phi) is 8.46. The minimum absolute atomic E-state index is 0.0580. The minimum Gasteiger partial charge on any atom is -0.490 e. The molecule has 3 aromatic carbocycles. The van der Waals surface area contributed by atoms with E-state index in [1.807, 2.05) is 30.3 Å². The molecule has 3 aromatic rings. The van der Waals surface area contributed by atoms with E-state index in [0.717, 1.165) is 28.5 Å². The number of benzene rings is 3. The Labute approximate surface area is 226 Å². The second-order valence-corrected chi connectivity index (χ2v) is 8.84. The fourth-order valence-electron chi connectivity index (χ4n) is 4.15. The average molecular weight is 529 g/mol. The van der Waals surface area contributed by atoms with Gasteiger partial charge < -0.3 is 23.7 Å². The first-order chi connectivity index (χ1) is 18.8. The maximum Gasteiger partial charge on any atom is 0.348 e. The van der Waals surface area contributed by atoms with Crippen LogP contribution in [0.5, 0.6) is 17.2 Å². The average Bonchev–Trinajstić information content (AvgIpc) is 3.20. The number of hydrogen-bond acceptors (Lipinski definition) is 8. The summed E-state index contributed by atoms with van der Waals surface area (Å²) in [4.78, 5) is 35.6. The van der Waals surface area contributed by atoms with Gasteiger partial charge in [-0.05, 0) is 77.7 Å². The highest BCUT2D eigenvalue weighted by atomic mass is 16.6. The van der Waals surface area contributed by atoms with E-state index >= 15 is 0 Å². The van der Waals surface area contributed by atoms with Gasteiger partial charge >= 0.3 is 17.9 Å². The van der Waals surface area contributed by atoms with Crippen LogP contribution >= 0.6 is 0 Å². The van der Waals surface area contributed by atoms with Crippen LogP contribution in [0.15, 0.2) is 85.7 Å². The van der Waals surface area contributed by atoms with Gasteiger partial charge in [0, 0.05) is 11.5 Å². The zero-order valence-electron chi connectivity index (χ0n) is 21.7. The maximum atomic E-state index is 12.7. The van der Waals surface area contributed by atoms with Gasteiger partial charge in [0.2, 0.25) is 0 Å². The number of esters is 3. The molecule has 0 saturated heterocycles. The Hall–Kier alpha value is -4.85. The van der Waals surface area contributed by atoms with Crippen LogP contribution in [0.25, 0.3) is 11.1 Å². The molecular formula is C31H28O8. The van der Waals surface area contributed by atoms with Crippen molar-refractivity contribution in [2.24, 2.45) is 0 Å². The summed E-state index contributed by atoms with van der Waals surface area (Å²) in [5.74, 6) is 0.0432. The van der Waals surface area contributed by atoms with E-state index in [-0.39, 0.29) is 25.7 Å². The number of hydrogen-bond donors (Lipinski definition) is 0. The molecule has 1 atom stereocenters. The lowest BCUT2D eigenvalue weighted by Crippen LogP contribution is -2.12. The lowest BCUT2D eigenvalue weighted by Gasteiger charge is -2.11.